The van der Waals surface area contributed by atoms with Gasteiger partial charge in [0.2, 0.25) is 11.8 Å². The summed E-state index contributed by atoms with van der Waals surface area (Å²) >= 11 is 0. The minimum Gasteiger partial charge on any atom is -0.508 e. The molecular formula is C36H40N2O5. The first kappa shape index (κ1) is 29.0. The Bertz CT molecular complexity index is 1480. The van der Waals surface area contributed by atoms with Crippen molar-refractivity contribution in [1.82, 2.24) is 10.2 Å². The molecule has 3 aromatic rings. The van der Waals surface area contributed by atoms with Gasteiger partial charge in [-0.15, -0.1) is 0 Å². The van der Waals surface area contributed by atoms with Crippen LogP contribution in [-0.2, 0) is 29.2 Å². The van der Waals surface area contributed by atoms with E-state index < -0.39 is 11.9 Å². The van der Waals surface area contributed by atoms with Gasteiger partial charge in [0.05, 0.1) is 6.54 Å². The number of amides is 3. The number of hydrogen-bond acceptors (Lipinski definition) is 5. The summed E-state index contributed by atoms with van der Waals surface area (Å²) in [6, 6.07) is 21.3. The summed E-state index contributed by atoms with van der Waals surface area (Å²) in [7, 11) is 0. The molecule has 0 aromatic heterocycles. The summed E-state index contributed by atoms with van der Waals surface area (Å²) in [5.74, 6) is 1.34. The maximum Gasteiger partial charge on any atom is 0.255 e. The molecule has 2 aliphatic heterocycles. The number of rotatable bonds is 7. The lowest BCUT2D eigenvalue weighted by atomic mass is 9.88. The fourth-order valence-electron chi connectivity index (χ4n) is 7.08. The molecule has 43 heavy (non-hydrogen) atoms. The Kier molecular flexibility index (Phi) is 8.77. The number of phenolic OH excluding ortho intramolecular Hbond substituents is 1. The molecule has 1 saturated carbocycles. The van der Waals surface area contributed by atoms with Gasteiger partial charge in [0.25, 0.3) is 5.91 Å². The number of carbonyl (C=O) groups is 3. The van der Waals surface area contributed by atoms with Crippen molar-refractivity contribution < 1.29 is 24.2 Å². The maximum atomic E-state index is 13.1. The highest BCUT2D eigenvalue weighted by Gasteiger charge is 2.40. The fraction of sp³-hybridized carbons (Fsp3) is 0.417. The third-order valence-corrected chi connectivity index (χ3v) is 9.39. The molecule has 6 rings (SSSR count). The lowest BCUT2D eigenvalue weighted by Crippen LogP contribution is -2.52. The molecule has 0 spiro atoms. The van der Waals surface area contributed by atoms with Crippen LogP contribution < -0.4 is 10.1 Å². The van der Waals surface area contributed by atoms with Gasteiger partial charge < -0.3 is 14.7 Å². The molecule has 7 nitrogen and oxygen atoms in total. The Labute approximate surface area is 253 Å². The monoisotopic (exact) mass is 580 g/mol. The number of benzene rings is 3. The minimum atomic E-state index is -0.640. The molecule has 3 aliphatic rings. The van der Waals surface area contributed by atoms with Crippen LogP contribution in [0.15, 0.2) is 66.7 Å². The lowest BCUT2D eigenvalue weighted by molar-refractivity contribution is -0.136. The standard InChI is InChI=1S/C36H40N2O5/c39-29-16-14-28(15-17-29)27-10-2-1-6-24(7-4-11-27)20-25-8-3-9-26(21-25)23-43-33-13-5-12-30-31(33)22-38(36(30)42)32-18-19-34(40)37-35(32)41/h3,5,8-9,12-17,21,24,27,32,39H,1-2,4,6-7,10-11,18-20,22-23H2,(H,37,40,41). The summed E-state index contributed by atoms with van der Waals surface area (Å²) in [6.07, 6.45) is 10.2. The molecular weight excluding hydrogens is 540 g/mol. The first-order chi connectivity index (χ1) is 20.9. The van der Waals surface area contributed by atoms with E-state index >= 15 is 0 Å². The van der Waals surface area contributed by atoms with Crippen molar-refractivity contribution in [1.29, 1.82) is 0 Å². The number of phenols is 1. The van der Waals surface area contributed by atoms with Gasteiger partial charge in [-0.25, -0.2) is 0 Å². The molecule has 2 N–H and O–H groups in total. The molecule has 2 fully saturated rings. The summed E-state index contributed by atoms with van der Waals surface area (Å²) in [5, 5.41) is 12.0. The summed E-state index contributed by atoms with van der Waals surface area (Å²) in [6.45, 7) is 0.696. The van der Waals surface area contributed by atoms with Gasteiger partial charge in [0, 0.05) is 17.5 Å². The topological polar surface area (TPSA) is 95.9 Å². The quantitative estimate of drug-likeness (QED) is 0.315. The molecule has 3 atom stereocenters. The predicted molar refractivity (Wildman–Crippen MR) is 164 cm³/mol. The van der Waals surface area contributed by atoms with Crippen molar-refractivity contribution in [3.63, 3.8) is 0 Å². The smallest absolute Gasteiger partial charge is 0.255 e. The van der Waals surface area contributed by atoms with E-state index in [9.17, 15) is 19.5 Å². The highest BCUT2D eigenvalue weighted by atomic mass is 16.5. The first-order valence-electron chi connectivity index (χ1n) is 15.7. The highest BCUT2D eigenvalue weighted by molar-refractivity contribution is 6.05. The van der Waals surface area contributed by atoms with Crippen LogP contribution in [0.1, 0.15) is 96.3 Å². The van der Waals surface area contributed by atoms with Crippen LogP contribution in [0.2, 0.25) is 0 Å². The summed E-state index contributed by atoms with van der Waals surface area (Å²) < 4.78 is 6.27. The number of hydrogen-bond donors (Lipinski definition) is 2. The average Bonchev–Trinajstić information content (AvgIpc) is 3.39. The second-order valence-corrected chi connectivity index (χ2v) is 12.4. The number of piperidine rings is 1. The van der Waals surface area contributed by atoms with Gasteiger partial charge in [0.15, 0.2) is 0 Å². The van der Waals surface area contributed by atoms with Crippen LogP contribution >= 0.6 is 0 Å². The molecule has 7 heteroatoms. The van der Waals surface area contributed by atoms with Gasteiger partial charge in [-0.2, -0.15) is 0 Å². The second-order valence-electron chi connectivity index (χ2n) is 12.4. The summed E-state index contributed by atoms with van der Waals surface area (Å²) in [5.41, 5.74) is 5.13. The Balaban J connectivity index is 1.06. The molecule has 0 radical (unpaired) electrons. The Morgan fingerprint density at radius 1 is 0.837 bits per heavy atom. The van der Waals surface area contributed by atoms with Crippen LogP contribution in [0, 0.1) is 5.92 Å². The molecule has 0 bridgehead atoms. The van der Waals surface area contributed by atoms with Crippen molar-refractivity contribution in [2.75, 3.05) is 0 Å². The van der Waals surface area contributed by atoms with Crippen LogP contribution in [0.3, 0.4) is 0 Å². The first-order valence-corrected chi connectivity index (χ1v) is 15.7. The van der Waals surface area contributed by atoms with E-state index in [2.05, 4.69) is 41.7 Å². The van der Waals surface area contributed by atoms with Gasteiger partial charge in [-0.1, -0.05) is 74.6 Å². The van der Waals surface area contributed by atoms with Crippen molar-refractivity contribution >= 4 is 17.7 Å². The number of nitrogens with zero attached hydrogens (tertiary/aromatic N) is 1. The average molecular weight is 581 g/mol. The lowest BCUT2D eigenvalue weighted by Gasteiger charge is -2.29. The van der Waals surface area contributed by atoms with E-state index in [0.717, 1.165) is 17.5 Å². The van der Waals surface area contributed by atoms with Crippen LogP contribution in [0.25, 0.3) is 0 Å². The molecule has 3 amide bonds. The van der Waals surface area contributed by atoms with Gasteiger partial charge in [-0.05, 0) is 78.5 Å². The normalized spacial score (nSPS) is 22.7. The number of fused-ring (bicyclic) bond motifs is 1. The molecule has 224 valence electrons. The number of aromatic hydroxyl groups is 1. The van der Waals surface area contributed by atoms with Gasteiger partial charge >= 0.3 is 0 Å². The third-order valence-electron chi connectivity index (χ3n) is 9.39. The fourth-order valence-corrected chi connectivity index (χ4v) is 7.08. The second kappa shape index (κ2) is 13.0. The van der Waals surface area contributed by atoms with Crippen molar-refractivity contribution in [2.45, 2.75) is 89.3 Å². The Hall–Kier alpha value is -4.13. The van der Waals surface area contributed by atoms with Gasteiger partial charge in [-0.3, -0.25) is 19.7 Å². The van der Waals surface area contributed by atoms with E-state index in [1.807, 2.05) is 24.3 Å². The summed E-state index contributed by atoms with van der Waals surface area (Å²) in [4.78, 5) is 38.7. The van der Waals surface area contributed by atoms with E-state index in [1.54, 1.807) is 11.0 Å². The number of carbonyl (C=O) groups excluding carboxylic acids is 3. The molecule has 1 aliphatic carbocycles. The minimum absolute atomic E-state index is 0.193. The highest BCUT2D eigenvalue weighted by Crippen LogP contribution is 2.35. The Morgan fingerprint density at radius 2 is 1.58 bits per heavy atom. The van der Waals surface area contributed by atoms with E-state index in [1.165, 1.54) is 56.1 Å². The third kappa shape index (κ3) is 6.76. The number of nitrogens with one attached hydrogen (secondary N) is 1. The van der Waals surface area contributed by atoms with E-state index in [0.29, 0.717) is 48.5 Å². The SMILES string of the molecule is O=C1CCC(N2Cc3c(OCc4cccc(CC5CCCCC(c6ccc(O)cc6)CCC5)c4)cccc3C2=O)C(=O)N1. The van der Waals surface area contributed by atoms with Crippen molar-refractivity contribution in [3.8, 4) is 11.5 Å². The van der Waals surface area contributed by atoms with Crippen molar-refractivity contribution in [2.24, 2.45) is 5.92 Å². The molecule has 3 unspecified atom stereocenters. The predicted octanol–water partition coefficient (Wildman–Crippen LogP) is 6.42. The molecule has 1 saturated heterocycles. The molecule has 3 aromatic carbocycles. The van der Waals surface area contributed by atoms with Crippen LogP contribution in [-0.4, -0.2) is 33.8 Å². The Morgan fingerprint density at radius 3 is 2.42 bits per heavy atom. The van der Waals surface area contributed by atoms with Crippen LogP contribution in [0.4, 0.5) is 0 Å². The zero-order valence-electron chi connectivity index (χ0n) is 24.6. The van der Waals surface area contributed by atoms with Gasteiger partial charge in [0.1, 0.15) is 24.1 Å². The van der Waals surface area contributed by atoms with Crippen molar-refractivity contribution in [3.05, 3.63) is 94.5 Å². The zero-order chi connectivity index (χ0) is 29.8. The maximum absolute atomic E-state index is 13.1. The van der Waals surface area contributed by atoms with Crippen LogP contribution in [0.5, 0.6) is 11.5 Å². The number of imide groups is 1. The molecule has 2 heterocycles. The van der Waals surface area contributed by atoms with E-state index in [-0.39, 0.29) is 18.2 Å². The van der Waals surface area contributed by atoms with E-state index in [4.69, 9.17) is 4.74 Å². The largest absolute Gasteiger partial charge is 0.508 e. The number of ether oxygens (including phenoxy) is 1. The zero-order valence-corrected chi connectivity index (χ0v) is 24.6.